The number of carbonyl (C=O) groups is 1. The summed E-state index contributed by atoms with van der Waals surface area (Å²) in [4.78, 5) is 13.3. The molecule has 1 amide bonds. The van der Waals surface area contributed by atoms with Crippen LogP contribution < -0.4 is 5.73 Å². The van der Waals surface area contributed by atoms with Crippen molar-refractivity contribution >= 4 is 5.91 Å². The summed E-state index contributed by atoms with van der Waals surface area (Å²) in [6, 6.07) is 0. The van der Waals surface area contributed by atoms with Gasteiger partial charge in [-0.05, 0) is 31.7 Å². The first-order chi connectivity index (χ1) is 6.27. The number of likely N-dealkylation sites (tertiary alicyclic amines) is 1. The lowest BCUT2D eigenvalue weighted by Crippen LogP contribution is -2.38. The zero-order valence-electron chi connectivity index (χ0n) is 8.46. The van der Waals surface area contributed by atoms with E-state index in [0.29, 0.717) is 12.3 Å². The van der Waals surface area contributed by atoms with Crippen LogP contribution in [-0.2, 0) is 4.79 Å². The van der Waals surface area contributed by atoms with Gasteiger partial charge in [-0.15, -0.1) is 0 Å². The first-order valence-corrected chi connectivity index (χ1v) is 5.25. The molecular weight excluding hydrogens is 164 g/mol. The number of amides is 1. The molecular formula is C10H20N2O. The summed E-state index contributed by atoms with van der Waals surface area (Å²) in [5, 5.41) is 0. The van der Waals surface area contributed by atoms with Crippen LogP contribution in [0.2, 0.25) is 0 Å². The lowest BCUT2D eigenvalue weighted by Gasteiger charge is -2.31. The molecule has 0 atom stereocenters. The van der Waals surface area contributed by atoms with Gasteiger partial charge in [0.05, 0.1) is 0 Å². The molecule has 0 unspecified atom stereocenters. The van der Waals surface area contributed by atoms with Crippen LogP contribution in [-0.4, -0.2) is 30.4 Å². The SMILES string of the molecule is CCC(=O)N1CCC(CCN)CC1. The largest absolute Gasteiger partial charge is 0.343 e. The van der Waals surface area contributed by atoms with E-state index in [4.69, 9.17) is 5.73 Å². The second-order valence-electron chi connectivity index (χ2n) is 3.76. The monoisotopic (exact) mass is 184 g/mol. The van der Waals surface area contributed by atoms with Crippen molar-refractivity contribution in [1.82, 2.24) is 4.90 Å². The molecule has 76 valence electrons. The first kappa shape index (κ1) is 10.5. The topological polar surface area (TPSA) is 46.3 Å². The molecule has 1 heterocycles. The molecule has 0 spiro atoms. The number of carbonyl (C=O) groups excluding carboxylic acids is 1. The number of nitrogens with zero attached hydrogens (tertiary/aromatic N) is 1. The summed E-state index contributed by atoms with van der Waals surface area (Å²) >= 11 is 0. The van der Waals surface area contributed by atoms with Crippen molar-refractivity contribution in [2.45, 2.75) is 32.6 Å². The van der Waals surface area contributed by atoms with Gasteiger partial charge in [-0.3, -0.25) is 4.79 Å². The average molecular weight is 184 g/mol. The Balaban J connectivity index is 2.26. The summed E-state index contributed by atoms with van der Waals surface area (Å²) in [7, 11) is 0. The second-order valence-corrected chi connectivity index (χ2v) is 3.76. The molecule has 3 nitrogen and oxygen atoms in total. The summed E-state index contributed by atoms with van der Waals surface area (Å²) in [5.41, 5.74) is 5.50. The Morgan fingerprint density at radius 3 is 2.54 bits per heavy atom. The van der Waals surface area contributed by atoms with E-state index in [-0.39, 0.29) is 0 Å². The van der Waals surface area contributed by atoms with E-state index in [1.54, 1.807) is 0 Å². The predicted molar refractivity (Wildman–Crippen MR) is 53.3 cm³/mol. The van der Waals surface area contributed by atoms with Gasteiger partial charge in [-0.1, -0.05) is 6.92 Å². The molecule has 13 heavy (non-hydrogen) atoms. The van der Waals surface area contributed by atoms with Crippen molar-refractivity contribution < 1.29 is 4.79 Å². The van der Waals surface area contributed by atoms with Crippen molar-refractivity contribution in [3.63, 3.8) is 0 Å². The average Bonchev–Trinajstić information content (AvgIpc) is 2.18. The van der Waals surface area contributed by atoms with Gasteiger partial charge in [0.1, 0.15) is 0 Å². The minimum atomic E-state index is 0.297. The summed E-state index contributed by atoms with van der Waals surface area (Å²) in [6.45, 7) is 4.59. The Bertz CT molecular complexity index is 162. The lowest BCUT2D eigenvalue weighted by molar-refractivity contribution is -0.132. The van der Waals surface area contributed by atoms with Crippen molar-refractivity contribution in [2.24, 2.45) is 11.7 Å². The maximum absolute atomic E-state index is 11.3. The highest BCUT2D eigenvalue weighted by atomic mass is 16.2. The van der Waals surface area contributed by atoms with Crippen LogP contribution in [0.1, 0.15) is 32.6 Å². The number of piperidine rings is 1. The third-order valence-electron chi connectivity index (χ3n) is 2.84. The van der Waals surface area contributed by atoms with Crippen LogP contribution in [0.4, 0.5) is 0 Å². The van der Waals surface area contributed by atoms with E-state index < -0.39 is 0 Å². The molecule has 0 aromatic heterocycles. The highest BCUT2D eigenvalue weighted by Gasteiger charge is 2.20. The standard InChI is InChI=1S/C10H20N2O/c1-2-10(13)12-7-4-9(3-6-11)5-8-12/h9H,2-8,11H2,1H3. The zero-order valence-corrected chi connectivity index (χ0v) is 8.46. The molecule has 3 heteroatoms. The van der Waals surface area contributed by atoms with E-state index >= 15 is 0 Å². The number of nitrogens with two attached hydrogens (primary N) is 1. The molecule has 1 rings (SSSR count). The molecule has 0 bridgehead atoms. The molecule has 1 saturated heterocycles. The van der Waals surface area contributed by atoms with E-state index in [9.17, 15) is 4.79 Å². The zero-order chi connectivity index (χ0) is 9.68. The Morgan fingerprint density at radius 1 is 1.46 bits per heavy atom. The van der Waals surface area contributed by atoms with Gasteiger partial charge < -0.3 is 10.6 Å². The van der Waals surface area contributed by atoms with Gasteiger partial charge in [0.15, 0.2) is 0 Å². The molecule has 0 aromatic carbocycles. The maximum atomic E-state index is 11.3. The van der Waals surface area contributed by atoms with Crippen LogP contribution in [0, 0.1) is 5.92 Å². The summed E-state index contributed by atoms with van der Waals surface area (Å²) in [6.07, 6.45) is 4.04. The van der Waals surface area contributed by atoms with Crippen molar-refractivity contribution in [1.29, 1.82) is 0 Å². The fourth-order valence-electron chi connectivity index (χ4n) is 1.93. The van der Waals surface area contributed by atoms with Crippen LogP contribution in [0.15, 0.2) is 0 Å². The van der Waals surface area contributed by atoms with E-state index in [1.807, 2.05) is 11.8 Å². The van der Waals surface area contributed by atoms with Gasteiger partial charge in [0.25, 0.3) is 0 Å². The molecule has 1 aliphatic heterocycles. The van der Waals surface area contributed by atoms with Crippen molar-refractivity contribution in [3.8, 4) is 0 Å². The summed E-state index contributed by atoms with van der Waals surface area (Å²) < 4.78 is 0. The van der Waals surface area contributed by atoms with Gasteiger partial charge in [0, 0.05) is 19.5 Å². The molecule has 0 saturated carbocycles. The molecule has 2 N–H and O–H groups in total. The Hall–Kier alpha value is -0.570. The van der Waals surface area contributed by atoms with E-state index in [0.717, 1.165) is 44.8 Å². The lowest BCUT2D eigenvalue weighted by atomic mass is 9.93. The quantitative estimate of drug-likeness (QED) is 0.711. The number of hydrogen-bond acceptors (Lipinski definition) is 2. The van der Waals surface area contributed by atoms with Gasteiger partial charge in [0.2, 0.25) is 5.91 Å². The minimum absolute atomic E-state index is 0.297. The van der Waals surface area contributed by atoms with Crippen molar-refractivity contribution in [3.05, 3.63) is 0 Å². The first-order valence-electron chi connectivity index (χ1n) is 5.25. The van der Waals surface area contributed by atoms with Crippen LogP contribution in [0.5, 0.6) is 0 Å². The highest BCUT2D eigenvalue weighted by molar-refractivity contribution is 5.75. The summed E-state index contributed by atoms with van der Waals surface area (Å²) in [5.74, 6) is 1.05. The molecule has 0 aromatic rings. The molecule has 1 aliphatic rings. The van der Waals surface area contributed by atoms with Gasteiger partial charge in [-0.2, -0.15) is 0 Å². The molecule has 1 fully saturated rings. The molecule has 0 radical (unpaired) electrons. The maximum Gasteiger partial charge on any atom is 0.222 e. The van der Waals surface area contributed by atoms with Gasteiger partial charge >= 0.3 is 0 Å². The van der Waals surface area contributed by atoms with E-state index in [2.05, 4.69) is 0 Å². The van der Waals surface area contributed by atoms with Crippen LogP contribution in [0.3, 0.4) is 0 Å². The smallest absolute Gasteiger partial charge is 0.222 e. The normalized spacial score (nSPS) is 19.1. The third kappa shape index (κ3) is 2.99. The van der Waals surface area contributed by atoms with Crippen LogP contribution >= 0.6 is 0 Å². The number of hydrogen-bond donors (Lipinski definition) is 1. The highest BCUT2D eigenvalue weighted by Crippen LogP contribution is 2.19. The molecule has 0 aliphatic carbocycles. The second kappa shape index (κ2) is 5.22. The van der Waals surface area contributed by atoms with Gasteiger partial charge in [-0.25, -0.2) is 0 Å². The third-order valence-corrected chi connectivity index (χ3v) is 2.84. The Labute approximate surface area is 80.3 Å². The minimum Gasteiger partial charge on any atom is -0.343 e. The van der Waals surface area contributed by atoms with E-state index in [1.165, 1.54) is 0 Å². The fourth-order valence-corrected chi connectivity index (χ4v) is 1.93. The fraction of sp³-hybridized carbons (Fsp3) is 0.900. The number of rotatable bonds is 3. The van der Waals surface area contributed by atoms with Crippen LogP contribution in [0.25, 0.3) is 0 Å². The predicted octanol–water partition coefficient (Wildman–Crippen LogP) is 0.984. The van der Waals surface area contributed by atoms with Crippen molar-refractivity contribution in [2.75, 3.05) is 19.6 Å². The Kier molecular flexibility index (Phi) is 4.22. The Morgan fingerprint density at radius 2 is 2.08 bits per heavy atom.